The number of piperidine rings is 1. The molecule has 7 nitrogen and oxygen atoms in total. The number of carbonyl (C=O) groups is 3. The average Bonchev–Trinajstić information content (AvgIpc) is 3.00. The Morgan fingerprint density at radius 1 is 1.09 bits per heavy atom. The lowest BCUT2D eigenvalue weighted by atomic mass is 9.97. The van der Waals surface area contributed by atoms with E-state index in [-0.39, 0.29) is 25.3 Å². The van der Waals surface area contributed by atoms with E-state index in [2.05, 4.69) is 0 Å². The molecule has 1 saturated heterocycles. The largest absolute Gasteiger partial charge is 0.508 e. The van der Waals surface area contributed by atoms with E-state index in [9.17, 15) is 34.1 Å². The number of nitrogens with zero attached hydrogens (tertiary/aromatic N) is 1. The third-order valence-corrected chi connectivity index (χ3v) is 4.60. The lowest BCUT2D eigenvalue weighted by molar-refractivity contribution is -0.151. The SMILES string of the molecule is O=C(c1cc(O)ccc1F)N1C[C@@]2(C(=O)O)C[C@@]2(C(=O)O)C1. The normalized spacial score (nSPS) is 29.0. The Morgan fingerprint density at radius 2 is 1.64 bits per heavy atom. The van der Waals surface area contributed by atoms with Crippen molar-refractivity contribution in [3.8, 4) is 5.75 Å². The number of aromatic hydroxyl groups is 1. The van der Waals surface area contributed by atoms with Gasteiger partial charge in [-0.15, -0.1) is 0 Å². The first kappa shape index (κ1) is 14.3. The highest BCUT2D eigenvalue weighted by Gasteiger charge is 2.81. The summed E-state index contributed by atoms with van der Waals surface area (Å²) in [6, 6.07) is 2.92. The fourth-order valence-corrected chi connectivity index (χ4v) is 3.28. The quantitative estimate of drug-likeness (QED) is 0.750. The van der Waals surface area contributed by atoms with Crippen molar-refractivity contribution in [1.82, 2.24) is 4.90 Å². The van der Waals surface area contributed by atoms with Gasteiger partial charge in [-0.3, -0.25) is 14.4 Å². The molecule has 0 bridgehead atoms. The maximum atomic E-state index is 13.7. The molecule has 1 aliphatic carbocycles. The maximum absolute atomic E-state index is 13.7. The van der Waals surface area contributed by atoms with Crippen molar-refractivity contribution in [2.45, 2.75) is 6.42 Å². The predicted octanol–water partition coefficient (Wildman–Crippen LogP) is 0.533. The molecular formula is C14H12FNO6. The number of fused-ring (bicyclic) bond motifs is 1. The van der Waals surface area contributed by atoms with E-state index in [4.69, 9.17) is 0 Å². The zero-order chi connectivity index (χ0) is 16.3. The second kappa shape index (κ2) is 4.19. The van der Waals surface area contributed by atoms with E-state index < -0.39 is 40.1 Å². The summed E-state index contributed by atoms with van der Waals surface area (Å²) in [5.74, 6) is -4.56. The summed E-state index contributed by atoms with van der Waals surface area (Å²) in [5.41, 5.74) is -3.44. The minimum absolute atomic E-state index is 0.0447. The second-order valence-corrected chi connectivity index (χ2v) is 5.78. The highest BCUT2D eigenvalue weighted by atomic mass is 19.1. The lowest BCUT2D eigenvalue weighted by Crippen LogP contribution is -2.35. The van der Waals surface area contributed by atoms with Gasteiger partial charge in [-0.2, -0.15) is 0 Å². The molecule has 8 heteroatoms. The van der Waals surface area contributed by atoms with E-state index >= 15 is 0 Å². The number of phenolic OH excluding ortho intramolecular Hbond substituents is 1. The number of hydrogen-bond donors (Lipinski definition) is 3. The Bertz CT molecular complexity index is 691. The Hall–Kier alpha value is -2.64. The molecule has 1 saturated carbocycles. The second-order valence-electron chi connectivity index (χ2n) is 5.78. The van der Waals surface area contributed by atoms with E-state index in [0.717, 1.165) is 23.1 Å². The van der Waals surface area contributed by atoms with Crippen molar-refractivity contribution in [2.24, 2.45) is 10.8 Å². The summed E-state index contributed by atoms with van der Waals surface area (Å²) in [5, 5.41) is 27.9. The van der Waals surface area contributed by atoms with Gasteiger partial charge in [0.1, 0.15) is 22.4 Å². The molecule has 1 aromatic carbocycles. The summed E-state index contributed by atoms with van der Waals surface area (Å²) in [4.78, 5) is 36.1. The van der Waals surface area contributed by atoms with Crippen LogP contribution in [-0.2, 0) is 9.59 Å². The fourth-order valence-electron chi connectivity index (χ4n) is 3.28. The maximum Gasteiger partial charge on any atom is 0.312 e. The minimum Gasteiger partial charge on any atom is -0.508 e. The van der Waals surface area contributed by atoms with Crippen LogP contribution in [0.1, 0.15) is 16.8 Å². The first-order valence-electron chi connectivity index (χ1n) is 6.48. The summed E-state index contributed by atoms with van der Waals surface area (Å²) >= 11 is 0. The number of rotatable bonds is 3. The van der Waals surface area contributed by atoms with Crippen molar-refractivity contribution < 1.29 is 34.1 Å². The molecular weight excluding hydrogens is 297 g/mol. The monoisotopic (exact) mass is 309 g/mol. The molecule has 1 aromatic rings. The molecule has 1 aliphatic heterocycles. The van der Waals surface area contributed by atoms with E-state index in [1.165, 1.54) is 0 Å². The van der Waals surface area contributed by atoms with Gasteiger partial charge in [-0.05, 0) is 24.6 Å². The third kappa shape index (κ3) is 1.63. The van der Waals surface area contributed by atoms with E-state index in [1.807, 2.05) is 0 Å². The minimum atomic E-state index is -1.51. The van der Waals surface area contributed by atoms with Crippen molar-refractivity contribution in [2.75, 3.05) is 13.1 Å². The number of likely N-dealkylation sites (tertiary alicyclic amines) is 1. The van der Waals surface area contributed by atoms with Gasteiger partial charge in [0, 0.05) is 13.1 Å². The number of hydrogen-bond acceptors (Lipinski definition) is 4. The molecule has 3 rings (SSSR count). The molecule has 116 valence electrons. The number of benzene rings is 1. The van der Waals surface area contributed by atoms with Gasteiger partial charge in [-0.1, -0.05) is 0 Å². The zero-order valence-electron chi connectivity index (χ0n) is 11.2. The number of aliphatic carboxylic acids is 2. The molecule has 22 heavy (non-hydrogen) atoms. The molecule has 2 atom stereocenters. The molecule has 3 N–H and O–H groups in total. The van der Waals surface area contributed by atoms with Gasteiger partial charge in [0.2, 0.25) is 0 Å². The number of carbonyl (C=O) groups excluding carboxylic acids is 1. The molecule has 0 radical (unpaired) electrons. The number of amides is 1. The Morgan fingerprint density at radius 3 is 2.14 bits per heavy atom. The van der Waals surface area contributed by atoms with E-state index in [1.54, 1.807) is 0 Å². The highest BCUT2D eigenvalue weighted by Crippen LogP contribution is 2.68. The van der Waals surface area contributed by atoms with Crippen LogP contribution in [-0.4, -0.2) is 51.2 Å². The van der Waals surface area contributed by atoms with Gasteiger partial charge in [0.25, 0.3) is 5.91 Å². The van der Waals surface area contributed by atoms with Crippen LogP contribution in [0, 0.1) is 16.6 Å². The van der Waals surface area contributed by atoms with Crippen LogP contribution in [0.25, 0.3) is 0 Å². The number of phenols is 1. The Kier molecular flexibility index (Phi) is 2.72. The first-order chi connectivity index (χ1) is 10.2. The van der Waals surface area contributed by atoms with Crippen molar-refractivity contribution in [1.29, 1.82) is 0 Å². The van der Waals surface area contributed by atoms with Crippen LogP contribution in [0.3, 0.4) is 0 Å². The first-order valence-corrected chi connectivity index (χ1v) is 6.48. The van der Waals surface area contributed by atoms with Crippen LogP contribution < -0.4 is 0 Å². The fraction of sp³-hybridized carbons (Fsp3) is 0.357. The van der Waals surface area contributed by atoms with Crippen LogP contribution in [0.5, 0.6) is 5.75 Å². The molecule has 1 amide bonds. The number of halogens is 1. The van der Waals surface area contributed by atoms with Gasteiger partial charge in [0.05, 0.1) is 5.56 Å². The van der Waals surface area contributed by atoms with Crippen molar-refractivity contribution >= 4 is 17.8 Å². The van der Waals surface area contributed by atoms with Crippen molar-refractivity contribution in [3.63, 3.8) is 0 Å². The summed E-state index contributed by atoms with van der Waals surface area (Å²) in [6.07, 6.45) is -0.0447. The van der Waals surface area contributed by atoms with E-state index in [0.29, 0.717) is 0 Å². The van der Waals surface area contributed by atoms with Gasteiger partial charge < -0.3 is 20.2 Å². The van der Waals surface area contributed by atoms with Crippen LogP contribution in [0.2, 0.25) is 0 Å². The molecule has 2 aliphatic rings. The molecule has 2 fully saturated rings. The third-order valence-electron chi connectivity index (χ3n) is 4.60. The molecule has 1 heterocycles. The molecule has 0 spiro atoms. The average molecular weight is 309 g/mol. The van der Waals surface area contributed by atoms with Crippen LogP contribution in [0.15, 0.2) is 18.2 Å². The highest BCUT2D eigenvalue weighted by molar-refractivity contribution is 6.00. The lowest BCUT2D eigenvalue weighted by Gasteiger charge is -2.20. The summed E-state index contributed by atoms with van der Waals surface area (Å²) in [6.45, 7) is -0.578. The Balaban J connectivity index is 1.92. The van der Waals surface area contributed by atoms with Gasteiger partial charge in [-0.25, -0.2) is 4.39 Å². The van der Waals surface area contributed by atoms with Gasteiger partial charge in [0.15, 0.2) is 0 Å². The smallest absolute Gasteiger partial charge is 0.312 e. The molecule has 0 unspecified atom stereocenters. The molecule has 0 aromatic heterocycles. The Labute approximate surface area is 123 Å². The van der Waals surface area contributed by atoms with Gasteiger partial charge >= 0.3 is 11.9 Å². The summed E-state index contributed by atoms with van der Waals surface area (Å²) in [7, 11) is 0. The number of carboxylic acid groups (broad SMARTS) is 2. The standard InChI is InChI=1S/C14H12FNO6/c15-9-2-1-7(17)3-8(9)10(18)16-5-13(11(19)20)4-14(13,6-16)12(21)22/h1-3,17H,4-6H2,(H,19,20)(H,21,22)/t13-,14+. The topological polar surface area (TPSA) is 115 Å². The summed E-state index contributed by atoms with van der Waals surface area (Å²) < 4.78 is 13.7. The van der Waals surface area contributed by atoms with Crippen molar-refractivity contribution in [3.05, 3.63) is 29.6 Å². The predicted molar refractivity (Wildman–Crippen MR) is 68.7 cm³/mol. The number of carboxylic acids is 2. The van der Waals surface area contributed by atoms with Crippen LogP contribution >= 0.6 is 0 Å². The van der Waals surface area contributed by atoms with Crippen LogP contribution in [0.4, 0.5) is 4.39 Å². The zero-order valence-corrected chi connectivity index (χ0v) is 11.2.